The Morgan fingerprint density at radius 3 is 2.36 bits per heavy atom. The van der Waals surface area contributed by atoms with Crippen molar-refractivity contribution in [3.05, 3.63) is 28.2 Å². The molecule has 1 saturated carbocycles. The summed E-state index contributed by atoms with van der Waals surface area (Å²) in [6.45, 7) is 5.06. The Balaban J connectivity index is 1.31. The molecule has 0 radical (unpaired) electrons. The molecule has 1 aliphatic heterocycles. The number of ether oxygens (including phenoxy) is 1. The Hall–Kier alpha value is -0.790. The molecule has 0 N–H and O–H groups in total. The topological polar surface area (TPSA) is 15.7 Å². The Kier molecular flexibility index (Phi) is 10.4. The molecule has 0 amide bonds. The van der Waals surface area contributed by atoms with E-state index in [0.717, 1.165) is 50.3 Å². The van der Waals surface area contributed by atoms with Crippen molar-refractivity contribution in [3.63, 3.8) is 0 Å². The van der Waals surface area contributed by atoms with Gasteiger partial charge in [0.1, 0.15) is 5.75 Å². The molecule has 0 unspecified atom stereocenters. The second kappa shape index (κ2) is 12.8. The number of piperidine rings is 1. The fourth-order valence-corrected chi connectivity index (χ4v) is 6.10. The van der Waals surface area contributed by atoms with E-state index in [-0.39, 0.29) is 6.04 Å². The summed E-state index contributed by atoms with van der Waals surface area (Å²) < 4.78 is 44.9. The number of hydrogen-bond donors (Lipinski definition) is 0. The maximum Gasteiger partial charge on any atom is 0.401 e. The summed E-state index contributed by atoms with van der Waals surface area (Å²) >= 11 is 3.68. The molecule has 188 valence electrons. The van der Waals surface area contributed by atoms with Crippen molar-refractivity contribution < 1.29 is 17.9 Å². The summed E-state index contributed by atoms with van der Waals surface area (Å²) in [6.07, 6.45) is 5.90. The minimum Gasteiger partial charge on any atom is -0.497 e. The minimum absolute atomic E-state index is 0.108. The Morgan fingerprint density at radius 1 is 1.06 bits per heavy atom. The predicted octanol–water partition coefficient (Wildman–Crippen LogP) is 6.94. The van der Waals surface area contributed by atoms with Gasteiger partial charge in [0.25, 0.3) is 0 Å². The summed E-state index contributed by atoms with van der Waals surface area (Å²) in [5.74, 6) is 2.33. The third kappa shape index (κ3) is 8.74. The van der Waals surface area contributed by atoms with Crippen molar-refractivity contribution in [2.45, 2.75) is 76.9 Å². The van der Waals surface area contributed by atoms with E-state index in [1.807, 2.05) is 13.0 Å². The third-order valence-corrected chi connectivity index (χ3v) is 8.45. The second-order valence-electron chi connectivity index (χ2n) is 9.94. The highest BCUT2D eigenvalue weighted by Gasteiger charge is 2.34. The molecule has 1 aromatic rings. The molecule has 2 fully saturated rings. The van der Waals surface area contributed by atoms with Gasteiger partial charge in [0.05, 0.1) is 13.7 Å². The van der Waals surface area contributed by atoms with Crippen LogP contribution in [0.3, 0.4) is 0 Å². The lowest BCUT2D eigenvalue weighted by Crippen LogP contribution is -2.43. The van der Waals surface area contributed by atoms with Gasteiger partial charge >= 0.3 is 6.18 Å². The van der Waals surface area contributed by atoms with E-state index in [4.69, 9.17) is 4.74 Å². The van der Waals surface area contributed by atoms with Crippen LogP contribution < -0.4 is 4.74 Å². The molecule has 0 aromatic heterocycles. The number of hydrogen-bond acceptors (Lipinski definition) is 3. The van der Waals surface area contributed by atoms with Gasteiger partial charge in [-0.1, -0.05) is 22.9 Å². The quantitative estimate of drug-likeness (QED) is 0.324. The van der Waals surface area contributed by atoms with E-state index < -0.39 is 12.7 Å². The Labute approximate surface area is 206 Å². The van der Waals surface area contributed by atoms with Crippen molar-refractivity contribution in [1.29, 1.82) is 0 Å². The first-order valence-electron chi connectivity index (χ1n) is 12.6. The average molecular weight is 534 g/mol. The highest BCUT2D eigenvalue weighted by Crippen LogP contribution is 2.33. The summed E-state index contributed by atoms with van der Waals surface area (Å²) in [6, 6.07) is 6.32. The molecule has 1 saturated heterocycles. The van der Waals surface area contributed by atoms with Gasteiger partial charge in [-0.05, 0) is 120 Å². The zero-order chi connectivity index (χ0) is 23.8. The van der Waals surface area contributed by atoms with Crippen molar-refractivity contribution in [2.75, 3.05) is 39.8 Å². The maximum absolute atomic E-state index is 12.8. The number of halogens is 4. The van der Waals surface area contributed by atoms with Crippen LogP contribution in [-0.4, -0.2) is 61.9 Å². The van der Waals surface area contributed by atoms with Gasteiger partial charge in [-0.15, -0.1) is 0 Å². The van der Waals surface area contributed by atoms with Gasteiger partial charge in [0.15, 0.2) is 0 Å². The highest BCUT2D eigenvalue weighted by atomic mass is 79.9. The number of benzene rings is 1. The van der Waals surface area contributed by atoms with Crippen molar-refractivity contribution in [3.8, 4) is 5.75 Å². The number of nitrogens with zero attached hydrogens (tertiary/aromatic N) is 2. The number of likely N-dealkylation sites (tertiary alicyclic amines) is 1. The van der Waals surface area contributed by atoms with E-state index in [0.29, 0.717) is 12.5 Å². The van der Waals surface area contributed by atoms with E-state index in [1.165, 1.54) is 48.8 Å². The van der Waals surface area contributed by atoms with Crippen LogP contribution in [0.15, 0.2) is 22.7 Å². The molecular formula is C26H40BrF3N2O. The summed E-state index contributed by atoms with van der Waals surface area (Å²) in [5, 5.41) is 0. The minimum atomic E-state index is -4.09. The van der Waals surface area contributed by atoms with Crippen LogP contribution in [0, 0.1) is 11.8 Å². The lowest BCUT2D eigenvalue weighted by Gasteiger charge is -2.37. The molecule has 33 heavy (non-hydrogen) atoms. The predicted molar refractivity (Wildman–Crippen MR) is 132 cm³/mol. The van der Waals surface area contributed by atoms with Crippen LogP contribution in [0.2, 0.25) is 0 Å². The van der Waals surface area contributed by atoms with Gasteiger partial charge in [0.2, 0.25) is 0 Å². The Morgan fingerprint density at radius 2 is 1.76 bits per heavy atom. The van der Waals surface area contributed by atoms with Gasteiger partial charge in [-0.2, -0.15) is 13.2 Å². The molecule has 1 aromatic carbocycles. The van der Waals surface area contributed by atoms with E-state index >= 15 is 0 Å². The van der Waals surface area contributed by atoms with Crippen LogP contribution in [-0.2, 0) is 6.42 Å². The van der Waals surface area contributed by atoms with Gasteiger partial charge in [-0.3, -0.25) is 4.90 Å². The molecule has 1 aliphatic carbocycles. The Bertz CT molecular complexity index is 714. The summed E-state index contributed by atoms with van der Waals surface area (Å²) in [4.78, 5) is 4.23. The smallest absolute Gasteiger partial charge is 0.401 e. The maximum atomic E-state index is 12.8. The molecule has 0 bridgehead atoms. The molecule has 0 spiro atoms. The number of alkyl halides is 3. The van der Waals surface area contributed by atoms with E-state index in [9.17, 15) is 13.2 Å². The van der Waals surface area contributed by atoms with Crippen LogP contribution in [0.4, 0.5) is 13.2 Å². The lowest BCUT2D eigenvalue weighted by atomic mass is 9.82. The van der Waals surface area contributed by atoms with Gasteiger partial charge < -0.3 is 9.64 Å². The highest BCUT2D eigenvalue weighted by molar-refractivity contribution is 9.10. The monoisotopic (exact) mass is 532 g/mol. The number of methoxy groups -OCH3 is 1. The largest absolute Gasteiger partial charge is 0.497 e. The standard InChI is InChI=1S/C26H40BrF3N2O/c1-3-32(19-26(28,29)30)23-8-6-20(7-9-23)5-4-14-31-15-12-21(13-16-31)17-22-18-24(33-2)10-11-25(22)27/h10-11,18,20-21,23H,3-9,12-17,19H2,1-2H3/t20-,23-. The lowest BCUT2D eigenvalue weighted by molar-refractivity contribution is -0.152. The zero-order valence-corrected chi connectivity index (χ0v) is 21.8. The summed E-state index contributed by atoms with van der Waals surface area (Å²) in [7, 11) is 1.71. The van der Waals surface area contributed by atoms with Crippen LogP contribution in [0.25, 0.3) is 0 Å². The molecule has 3 nitrogen and oxygen atoms in total. The molecular weight excluding hydrogens is 493 g/mol. The third-order valence-electron chi connectivity index (χ3n) is 7.68. The molecule has 3 rings (SSSR count). The first kappa shape index (κ1) is 26.8. The molecule has 0 atom stereocenters. The number of rotatable bonds is 10. The first-order chi connectivity index (χ1) is 15.8. The fraction of sp³-hybridized carbons (Fsp3) is 0.769. The summed E-state index contributed by atoms with van der Waals surface area (Å²) in [5.41, 5.74) is 1.33. The SMILES string of the molecule is CCN(CC(F)(F)F)[C@H]1CC[C@H](CCCN2CCC(Cc3cc(OC)ccc3Br)CC2)CC1. The van der Waals surface area contributed by atoms with Crippen LogP contribution in [0.5, 0.6) is 5.75 Å². The normalized spacial score (nSPS) is 23.2. The molecule has 2 aliphatic rings. The van der Waals surface area contributed by atoms with Crippen molar-refractivity contribution in [1.82, 2.24) is 9.80 Å². The zero-order valence-electron chi connectivity index (χ0n) is 20.2. The first-order valence-corrected chi connectivity index (χ1v) is 13.4. The molecule has 1 heterocycles. The van der Waals surface area contributed by atoms with E-state index in [2.05, 4.69) is 33.0 Å². The van der Waals surface area contributed by atoms with E-state index in [1.54, 1.807) is 12.0 Å². The van der Waals surface area contributed by atoms with Crippen molar-refractivity contribution >= 4 is 15.9 Å². The van der Waals surface area contributed by atoms with Crippen LogP contribution in [0.1, 0.15) is 63.9 Å². The molecule has 7 heteroatoms. The average Bonchev–Trinajstić information content (AvgIpc) is 2.80. The second-order valence-corrected chi connectivity index (χ2v) is 10.8. The van der Waals surface area contributed by atoms with Crippen LogP contribution >= 0.6 is 15.9 Å². The van der Waals surface area contributed by atoms with Gasteiger partial charge in [-0.25, -0.2) is 0 Å². The van der Waals surface area contributed by atoms with Gasteiger partial charge in [0, 0.05) is 10.5 Å². The fourth-order valence-electron chi connectivity index (χ4n) is 5.69. The van der Waals surface area contributed by atoms with Crippen molar-refractivity contribution in [2.24, 2.45) is 11.8 Å².